The zero-order chi connectivity index (χ0) is 17.4. The largest absolute Gasteiger partial charge is 0.462 e. The van der Waals surface area contributed by atoms with Gasteiger partial charge in [-0.1, -0.05) is 0 Å². The number of rotatable bonds is 7. The monoisotopic (exact) mass is 322 g/mol. The van der Waals surface area contributed by atoms with Gasteiger partial charge in [-0.25, -0.2) is 9.59 Å². The highest BCUT2D eigenvalue weighted by Crippen LogP contribution is 2.19. The fourth-order valence-electron chi connectivity index (χ4n) is 1.68. The number of anilines is 1. The average molecular weight is 322 g/mol. The normalized spacial score (nSPS) is 9.70. The van der Waals surface area contributed by atoms with E-state index in [0.29, 0.717) is 5.69 Å². The van der Waals surface area contributed by atoms with Crippen LogP contribution in [0.3, 0.4) is 0 Å². The molecule has 0 aliphatic carbocycles. The fourth-order valence-corrected chi connectivity index (χ4v) is 1.68. The van der Waals surface area contributed by atoms with Crippen molar-refractivity contribution in [2.75, 3.05) is 25.2 Å². The van der Waals surface area contributed by atoms with Crippen LogP contribution in [0.5, 0.6) is 0 Å². The molecule has 1 aromatic carbocycles. The van der Waals surface area contributed by atoms with Crippen molar-refractivity contribution >= 4 is 23.3 Å². The molecule has 0 fully saturated rings. The second-order valence-electron chi connectivity index (χ2n) is 4.37. The molecule has 0 spiro atoms. The number of nitrogens with zero attached hydrogens (tertiary/aromatic N) is 2. The number of benzene rings is 1. The minimum atomic E-state index is -0.792. The van der Waals surface area contributed by atoms with Crippen LogP contribution < -0.4 is 4.90 Å². The lowest BCUT2D eigenvalue weighted by atomic mass is 10.2. The van der Waals surface area contributed by atoms with Gasteiger partial charge < -0.3 is 14.4 Å². The summed E-state index contributed by atoms with van der Waals surface area (Å²) < 4.78 is 9.67. The summed E-state index contributed by atoms with van der Waals surface area (Å²) in [6.07, 6.45) is 1.27. The molecule has 0 N–H and O–H groups in total. The Hall–Kier alpha value is -2.90. The van der Waals surface area contributed by atoms with E-state index in [1.807, 2.05) is 0 Å². The Balaban J connectivity index is 3.06. The average Bonchev–Trinajstić information content (AvgIpc) is 2.52. The van der Waals surface area contributed by atoms with Gasteiger partial charge in [0.1, 0.15) is 0 Å². The van der Waals surface area contributed by atoms with Crippen molar-refractivity contribution in [3.63, 3.8) is 0 Å². The van der Waals surface area contributed by atoms with Gasteiger partial charge in [0, 0.05) is 31.1 Å². The first-order chi connectivity index (χ1) is 10.9. The molecule has 0 atom stereocenters. The second kappa shape index (κ2) is 8.52. The molecule has 8 heteroatoms. The van der Waals surface area contributed by atoms with E-state index in [4.69, 9.17) is 9.47 Å². The number of carbonyl (C=O) groups is 2. The van der Waals surface area contributed by atoms with Crippen molar-refractivity contribution in [1.82, 2.24) is 0 Å². The summed E-state index contributed by atoms with van der Waals surface area (Å²) in [5.41, 5.74) is 0.249. The molecular weight excluding hydrogens is 304 g/mol. The molecule has 1 aromatic rings. The summed E-state index contributed by atoms with van der Waals surface area (Å²) >= 11 is 0. The van der Waals surface area contributed by atoms with Crippen LogP contribution in [-0.4, -0.2) is 37.1 Å². The van der Waals surface area contributed by atoms with Crippen molar-refractivity contribution in [3.05, 3.63) is 46.2 Å². The summed E-state index contributed by atoms with van der Waals surface area (Å²) in [7, 11) is 1.60. The molecule has 8 nitrogen and oxygen atoms in total. The first-order valence-corrected chi connectivity index (χ1v) is 6.94. The molecule has 1 rings (SSSR count). The molecule has 0 heterocycles. The van der Waals surface area contributed by atoms with Gasteiger partial charge in [-0.3, -0.25) is 10.1 Å². The molecule has 0 unspecified atom stereocenters. The van der Waals surface area contributed by atoms with E-state index in [1.54, 1.807) is 20.9 Å². The van der Waals surface area contributed by atoms with Gasteiger partial charge in [0.15, 0.2) is 5.57 Å². The number of esters is 2. The van der Waals surface area contributed by atoms with E-state index >= 15 is 0 Å². The minimum absolute atomic E-state index is 0.0536. The van der Waals surface area contributed by atoms with Gasteiger partial charge in [0.05, 0.1) is 18.1 Å². The van der Waals surface area contributed by atoms with Crippen molar-refractivity contribution in [1.29, 1.82) is 0 Å². The number of ether oxygens (including phenoxy) is 2. The van der Waals surface area contributed by atoms with E-state index in [-0.39, 0.29) is 24.5 Å². The molecule has 23 heavy (non-hydrogen) atoms. The number of non-ortho nitro benzene ring substituents is 1. The van der Waals surface area contributed by atoms with Gasteiger partial charge in [0.25, 0.3) is 5.69 Å². The van der Waals surface area contributed by atoms with Gasteiger partial charge in [0.2, 0.25) is 0 Å². The van der Waals surface area contributed by atoms with Crippen molar-refractivity contribution in [2.24, 2.45) is 0 Å². The van der Waals surface area contributed by atoms with Crippen LogP contribution in [0.4, 0.5) is 11.4 Å². The fraction of sp³-hybridized carbons (Fsp3) is 0.333. The Morgan fingerprint density at radius 3 is 2.00 bits per heavy atom. The van der Waals surface area contributed by atoms with E-state index in [0.717, 1.165) is 0 Å². The lowest BCUT2D eigenvalue weighted by Gasteiger charge is -2.16. The van der Waals surface area contributed by atoms with E-state index in [2.05, 4.69) is 0 Å². The van der Waals surface area contributed by atoms with Crippen LogP contribution in [0, 0.1) is 10.1 Å². The Kier molecular flexibility index (Phi) is 6.72. The van der Waals surface area contributed by atoms with Gasteiger partial charge in [-0.05, 0) is 26.0 Å². The molecule has 0 aromatic heterocycles. The molecule has 0 bridgehead atoms. The second-order valence-corrected chi connectivity index (χ2v) is 4.37. The molecule has 0 aliphatic rings. The van der Waals surface area contributed by atoms with Crippen molar-refractivity contribution in [3.8, 4) is 0 Å². The first-order valence-electron chi connectivity index (χ1n) is 6.94. The van der Waals surface area contributed by atoms with Gasteiger partial charge in [-0.15, -0.1) is 0 Å². The molecule has 0 saturated carbocycles. The van der Waals surface area contributed by atoms with Crippen LogP contribution in [-0.2, 0) is 19.1 Å². The Morgan fingerprint density at radius 2 is 1.61 bits per heavy atom. The standard InChI is InChI=1S/C15H18N2O6/c1-4-22-14(18)13(15(19)23-5-2)10-16(3)11-6-8-12(9-7-11)17(20)21/h6-10H,4-5H2,1-3H3. The maximum Gasteiger partial charge on any atom is 0.347 e. The highest BCUT2D eigenvalue weighted by atomic mass is 16.6. The summed E-state index contributed by atoms with van der Waals surface area (Å²) in [4.78, 5) is 35.3. The number of hydrogen-bond acceptors (Lipinski definition) is 7. The molecule has 0 saturated heterocycles. The SMILES string of the molecule is CCOC(=O)C(=CN(C)c1ccc([N+](=O)[O-])cc1)C(=O)OCC. The third kappa shape index (κ3) is 5.10. The summed E-state index contributed by atoms with van der Waals surface area (Å²) in [5, 5.41) is 10.6. The first kappa shape index (κ1) is 18.1. The third-order valence-corrected chi connectivity index (χ3v) is 2.78. The Morgan fingerprint density at radius 1 is 1.13 bits per heavy atom. The smallest absolute Gasteiger partial charge is 0.347 e. The molecule has 124 valence electrons. The third-order valence-electron chi connectivity index (χ3n) is 2.78. The lowest BCUT2D eigenvalue weighted by molar-refractivity contribution is -0.384. The summed E-state index contributed by atoms with van der Waals surface area (Å²) in [5.74, 6) is -1.58. The van der Waals surface area contributed by atoms with E-state index < -0.39 is 16.9 Å². The number of nitro groups is 1. The van der Waals surface area contributed by atoms with E-state index in [1.165, 1.54) is 35.4 Å². The van der Waals surface area contributed by atoms with Crippen LogP contribution >= 0.6 is 0 Å². The highest BCUT2D eigenvalue weighted by Gasteiger charge is 2.22. The molecular formula is C15H18N2O6. The summed E-state index contributed by atoms with van der Waals surface area (Å²) in [6.45, 7) is 3.50. The highest BCUT2D eigenvalue weighted by molar-refractivity contribution is 6.14. The Labute approximate surface area is 133 Å². The quantitative estimate of drug-likeness (QED) is 0.189. The minimum Gasteiger partial charge on any atom is -0.462 e. The number of nitro benzene ring substituents is 1. The van der Waals surface area contributed by atoms with Crippen molar-refractivity contribution < 1.29 is 24.0 Å². The molecule has 0 radical (unpaired) electrons. The predicted molar refractivity (Wildman–Crippen MR) is 82.8 cm³/mol. The zero-order valence-corrected chi connectivity index (χ0v) is 13.1. The number of carbonyl (C=O) groups excluding carboxylic acids is 2. The van der Waals surface area contributed by atoms with E-state index in [9.17, 15) is 19.7 Å². The van der Waals surface area contributed by atoms with Crippen LogP contribution in [0.25, 0.3) is 0 Å². The van der Waals surface area contributed by atoms with Crippen LogP contribution in [0.15, 0.2) is 36.0 Å². The Bertz CT molecular complexity index is 589. The number of hydrogen-bond donors (Lipinski definition) is 0. The molecule has 0 amide bonds. The predicted octanol–water partition coefficient (Wildman–Crippen LogP) is 2.04. The summed E-state index contributed by atoms with van der Waals surface area (Å²) in [6, 6.07) is 5.66. The van der Waals surface area contributed by atoms with Gasteiger partial charge >= 0.3 is 11.9 Å². The van der Waals surface area contributed by atoms with Gasteiger partial charge in [-0.2, -0.15) is 0 Å². The lowest BCUT2D eigenvalue weighted by Crippen LogP contribution is -2.22. The zero-order valence-electron chi connectivity index (χ0n) is 13.1. The maximum absolute atomic E-state index is 11.9. The topological polar surface area (TPSA) is 99.0 Å². The maximum atomic E-state index is 11.9. The van der Waals surface area contributed by atoms with Crippen LogP contribution in [0.2, 0.25) is 0 Å². The van der Waals surface area contributed by atoms with Crippen LogP contribution in [0.1, 0.15) is 13.8 Å². The van der Waals surface area contributed by atoms with Crippen molar-refractivity contribution in [2.45, 2.75) is 13.8 Å². The molecule has 0 aliphatic heterocycles.